The van der Waals surface area contributed by atoms with Crippen LogP contribution in [0.5, 0.6) is 11.5 Å². The van der Waals surface area contributed by atoms with Crippen molar-refractivity contribution in [3.05, 3.63) is 75.6 Å². The third-order valence-electron chi connectivity index (χ3n) is 5.18. The highest BCUT2D eigenvalue weighted by Crippen LogP contribution is 2.35. The lowest BCUT2D eigenvalue weighted by Crippen LogP contribution is -2.13. The Balaban J connectivity index is 1.64. The van der Waals surface area contributed by atoms with E-state index in [9.17, 15) is 10.1 Å². The lowest BCUT2D eigenvalue weighted by atomic mass is 10.1. The maximum atomic E-state index is 12.7. The van der Waals surface area contributed by atoms with Gasteiger partial charge in [-0.25, -0.2) is 0 Å². The second-order valence-electron chi connectivity index (χ2n) is 7.29. The van der Waals surface area contributed by atoms with E-state index in [0.29, 0.717) is 22.2 Å². The molecule has 0 bridgehead atoms. The number of rotatable bonds is 4. The van der Waals surface area contributed by atoms with Gasteiger partial charge in [0.05, 0.1) is 0 Å². The maximum absolute atomic E-state index is 12.7. The van der Waals surface area contributed by atoms with Gasteiger partial charge in [0.25, 0.3) is 5.91 Å². The molecular formula is C24H20ClN3O3. The van der Waals surface area contributed by atoms with E-state index in [1.807, 2.05) is 61.7 Å². The molecule has 0 saturated carbocycles. The van der Waals surface area contributed by atoms with E-state index < -0.39 is 5.91 Å². The van der Waals surface area contributed by atoms with Crippen LogP contribution in [0.3, 0.4) is 0 Å². The molecule has 1 aromatic heterocycles. The summed E-state index contributed by atoms with van der Waals surface area (Å²) in [6.45, 7) is 6.00. The number of aromatic nitrogens is 1. The molecule has 2 heterocycles. The number of aryl methyl sites for hydroxylation is 2. The number of anilines is 1. The standard InChI is InChI=1S/C24H20ClN3O3/c1-14-4-5-19(10-21(14)25)27-24(29)18(12-26)9-17-8-15(2)28(16(17)3)20-6-7-22-23(11-20)31-13-30-22/h4-11H,13H2,1-3H3,(H,27,29)/b18-9-. The van der Waals surface area contributed by atoms with Gasteiger partial charge in [-0.3, -0.25) is 4.79 Å². The Morgan fingerprint density at radius 1 is 1.13 bits per heavy atom. The van der Waals surface area contributed by atoms with Crippen molar-refractivity contribution in [3.8, 4) is 23.3 Å². The molecule has 0 radical (unpaired) electrons. The summed E-state index contributed by atoms with van der Waals surface area (Å²) in [4.78, 5) is 12.7. The molecule has 7 heteroatoms. The first kappa shape index (κ1) is 20.6. The quantitative estimate of drug-likeness (QED) is 0.445. The molecule has 6 nitrogen and oxygen atoms in total. The Morgan fingerprint density at radius 2 is 1.90 bits per heavy atom. The van der Waals surface area contributed by atoms with Crippen molar-refractivity contribution in [3.63, 3.8) is 0 Å². The zero-order chi connectivity index (χ0) is 22.1. The van der Waals surface area contributed by atoms with E-state index in [-0.39, 0.29) is 12.4 Å². The molecule has 31 heavy (non-hydrogen) atoms. The van der Waals surface area contributed by atoms with Gasteiger partial charge >= 0.3 is 0 Å². The van der Waals surface area contributed by atoms with Gasteiger partial charge in [0, 0.05) is 33.9 Å². The van der Waals surface area contributed by atoms with E-state index in [4.69, 9.17) is 21.1 Å². The first-order valence-corrected chi connectivity index (χ1v) is 10.0. The molecule has 0 spiro atoms. The number of carbonyl (C=O) groups excluding carboxylic acids is 1. The normalized spacial score (nSPS) is 12.5. The largest absolute Gasteiger partial charge is 0.454 e. The molecule has 0 fully saturated rings. The monoisotopic (exact) mass is 433 g/mol. The summed E-state index contributed by atoms with van der Waals surface area (Å²) in [6.07, 6.45) is 1.59. The first-order valence-electron chi connectivity index (χ1n) is 9.65. The van der Waals surface area contributed by atoms with Crippen molar-refractivity contribution in [2.24, 2.45) is 0 Å². The van der Waals surface area contributed by atoms with Crippen LogP contribution in [0.2, 0.25) is 5.02 Å². The molecule has 156 valence electrons. The minimum atomic E-state index is -0.490. The number of hydrogen-bond donors (Lipinski definition) is 1. The average molecular weight is 434 g/mol. The Kier molecular flexibility index (Phi) is 5.45. The van der Waals surface area contributed by atoms with Gasteiger partial charge in [-0.2, -0.15) is 5.26 Å². The average Bonchev–Trinajstić information content (AvgIpc) is 3.32. The van der Waals surface area contributed by atoms with Crippen LogP contribution in [0.25, 0.3) is 11.8 Å². The zero-order valence-corrected chi connectivity index (χ0v) is 18.1. The number of halogens is 1. The highest BCUT2D eigenvalue weighted by molar-refractivity contribution is 6.31. The van der Waals surface area contributed by atoms with E-state index in [1.165, 1.54) is 0 Å². The summed E-state index contributed by atoms with van der Waals surface area (Å²) in [7, 11) is 0. The zero-order valence-electron chi connectivity index (χ0n) is 17.3. The molecule has 1 aliphatic heterocycles. The molecule has 0 aliphatic carbocycles. The summed E-state index contributed by atoms with van der Waals surface area (Å²) in [6, 6.07) is 14.9. The summed E-state index contributed by atoms with van der Waals surface area (Å²) in [5, 5.41) is 12.9. The fourth-order valence-corrected chi connectivity index (χ4v) is 3.71. The topological polar surface area (TPSA) is 76.3 Å². The molecule has 0 atom stereocenters. The molecule has 4 rings (SSSR count). The second kappa shape index (κ2) is 8.21. The van der Waals surface area contributed by atoms with Gasteiger partial charge in [-0.05, 0) is 68.3 Å². The SMILES string of the molecule is Cc1ccc(NC(=O)/C(C#N)=C\c2cc(C)n(-c3ccc4c(c3)OCO4)c2C)cc1Cl. The number of ether oxygens (including phenoxy) is 2. The van der Waals surface area contributed by atoms with Crippen molar-refractivity contribution in [2.45, 2.75) is 20.8 Å². The summed E-state index contributed by atoms with van der Waals surface area (Å²) >= 11 is 6.12. The van der Waals surface area contributed by atoms with Crippen molar-refractivity contribution >= 4 is 29.3 Å². The van der Waals surface area contributed by atoms with Crippen molar-refractivity contribution in [1.82, 2.24) is 4.57 Å². The number of nitrogens with one attached hydrogen (secondary N) is 1. The highest BCUT2D eigenvalue weighted by Gasteiger charge is 2.17. The maximum Gasteiger partial charge on any atom is 0.266 e. The van der Waals surface area contributed by atoms with Crippen LogP contribution in [0.15, 0.2) is 48.0 Å². The van der Waals surface area contributed by atoms with Gasteiger partial charge in [0.1, 0.15) is 11.6 Å². The van der Waals surface area contributed by atoms with Crippen LogP contribution in [-0.4, -0.2) is 17.3 Å². The lowest BCUT2D eigenvalue weighted by molar-refractivity contribution is -0.112. The minimum absolute atomic E-state index is 0.00244. The molecule has 1 amide bonds. The summed E-state index contributed by atoms with van der Waals surface area (Å²) in [5.74, 6) is 0.914. The number of carbonyl (C=O) groups is 1. The third kappa shape index (κ3) is 4.00. The Labute approximate surface area is 185 Å². The van der Waals surface area contributed by atoms with Gasteiger partial charge in [0.2, 0.25) is 6.79 Å². The lowest BCUT2D eigenvalue weighted by Gasteiger charge is -2.10. The van der Waals surface area contributed by atoms with Gasteiger partial charge in [-0.15, -0.1) is 0 Å². The highest BCUT2D eigenvalue weighted by atomic mass is 35.5. The number of hydrogen-bond acceptors (Lipinski definition) is 4. The van der Waals surface area contributed by atoms with Crippen molar-refractivity contribution < 1.29 is 14.3 Å². The smallest absolute Gasteiger partial charge is 0.266 e. The number of benzene rings is 2. The van der Waals surface area contributed by atoms with Crippen molar-refractivity contribution in [2.75, 3.05) is 12.1 Å². The number of nitrogens with zero attached hydrogens (tertiary/aromatic N) is 2. The fourth-order valence-electron chi connectivity index (χ4n) is 3.53. The van der Waals surface area contributed by atoms with E-state index in [1.54, 1.807) is 18.2 Å². The van der Waals surface area contributed by atoms with E-state index in [2.05, 4.69) is 5.32 Å². The molecule has 2 aromatic carbocycles. The van der Waals surface area contributed by atoms with Crippen LogP contribution in [0.1, 0.15) is 22.5 Å². The summed E-state index contributed by atoms with van der Waals surface area (Å²) in [5.41, 5.74) is 5.00. The minimum Gasteiger partial charge on any atom is -0.454 e. The number of fused-ring (bicyclic) bond motifs is 1. The molecule has 1 aliphatic rings. The molecule has 0 saturated heterocycles. The van der Waals surface area contributed by atoms with Crippen molar-refractivity contribution in [1.29, 1.82) is 5.26 Å². The Morgan fingerprint density at radius 3 is 2.65 bits per heavy atom. The van der Waals surface area contributed by atoms with E-state index in [0.717, 1.165) is 28.2 Å². The molecule has 1 N–H and O–H groups in total. The van der Waals surface area contributed by atoms with Crippen LogP contribution < -0.4 is 14.8 Å². The van der Waals surface area contributed by atoms with Crippen LogP contribution in [0.4, 0.5) is 5.69 Å². The van der Waals surface area contributed by atoms with Crippen LogP contribution in [0, 0.1) is 32.1 Å². The number of nitriles is 1. The predicted octanol–water partition coefficient (Wildman–Crippen LogP) is 5.33. The fraction of sp³-hybridized carbons (Fsp3) is 0.167. The van der Waals surface area contributed by atoms with Crippen LogP contribution >= 0.6 is 11.6 Å². The summed E-state index contributed by atoms with van der Waals surface area (Å²) < 4.78 is 12.9. The molecular weight excluding hydrogens is 414 g/mol. The molecule has 0 unspecified atom stereocenters. The molecule has 3 aromatic rings. The Bertz CT molecular complexity index is 1270. The van der Waals surface area contributed by atoms with Crippen LogP contribution in [-0.2, 0) is 4.79 Å². The third-order valence-corrected chi connectivity index (χ3v) is 5.59. The predicted molar refractivity (Wildman–Crippen MR) is 120 cm³/mol. The first-order chi connectivity index (χ1) is 14.9. The van der Waals surface area contributed by atoms with Gasteiger partial charge < -0.3 is 19.4 Å². The van der Waals surface area contributed by atoms with Gasteiger partial charge in [-0.1, -0.05) is 17.7 Å². The second-order valence-corrected chi connectivity index (χ2v) is 7.69. The van der Waals surface area contributed by atoms with E-state index >= 15 is 0 Å². The number of amides is 1. The Hall–Kier alpha value is -3.69. The van der Waals surface area contributed by atoms with Gasteiger partial charge in [0.15, 0.2) is 11.5 Å².